The average Bonchev–Trinajstić information content (AvgIpc) is 3.45. The number of halogens is 1. The molecule has 2 unspecified atom stereocenters. The van der Waals surface area contributed by atoms with Gasteiger partial charge in [0.25, 0.3) is 5.95 Å². The predicted octanol–water partition coefficient (Wildman–Crippen LogP) is 2.88. The second kappa shape index (κ2) is 10.1. The molecule has 0 radical (unpaired) electrons. The summed E-state index contributed by atoms with van der Waals surface area (Å²) >= 11 is -1.64. The molecule has 4 aromatic rings. The van der Waals surface area contributed by atoms with Crippen molar-refractivity contribution in [3.8, 4) is 28.8 Å². The second-order valence-corrected chi connectivity index (χ2v) is 8.86. The quantitative estimate of drug-likeness (QED) is 0.351. The fourth-order valence-electron chi connectivity index (χ4n) is 3.21. The molecule has 1 N–H and O–H groups in total. The number of para-hydroxylation sites is 1. The molecule has 11 nitrogen and oxygen atoms in total. The van der Waals surface area contributed by atoms with Gasteiger partial charge in [-0.05, 0) is 26.0 Å². The first kappa shape index (κ1) is 23.4. The number of nitrogens with one attached hydrogen (secondary N) is 1. The summed E-state index contributed by atoms with van der Waals surface area (Å²) in [5, 5.41) is 11.9. The molecule has 0 saturated heterocycles. The minimum atomic E-state index is -1.64. The van der Waals surface area contributed by atoms with E-state index in [2.05, 4.69) is 30.0 Å². The topological polar surface area (TPSA) is 136 Å². The van der Waals surface area contributed by atoms with Crippen LogP contribution in [0.25, 0.3) is 17.3 Å². The molecule has 0 saturated carbocycles. The summed E-state index contributed by atoms with van der Waals surface area (Å²) in [6.07, 6.45) is 2.39. The van der Waals surface area contributed by atoms with Crippen molar-refractivity contribution >= 4 is 17.3 Å². The maximum Gasteiger partial charge on any atom is 0.271 e. The van der Waals surface area contributed by atoms with E-state index in [-0.39, 0.29) is 12.4 Å². The van der Waals surface area contributed by atoms with Crippen LogP contribution in [0, 0.1) is 12.7 Å². The molecule has 0 aliphatic rings. The van der Waals surface area contributed by atoms with E-state index < -0.39 is 22.4 Å². The molecule has 0 aliphatic carbocycles. The van der Waals surface area contributed by atoms with Crippen LogP contribution in [0.2, 0.25) is 0 Å². The Kier molecular flexibility index (Phi) is 6.93. The van der Waals surface area contributed by atoms with Crippen LogP contribution in [0.1, 0.15) is 18.4 Å². The first-order chi connectivity index (χ1) is 16.4. The molecular weight excluding hydrogens is 465 g/mol. The highest BCUT2D eigenvalue weighted by atomic mass is 32.2. The number of hydrogen-bond acceptors (Lipinski definition) is 10. The Labute approximate surface area is 197 Å². The summed E-state index contributed by atoms with van der Waals surface area (Å²) < 4.78 is 47.2. The lowest BCUT2D eigenvalue weighted by atomic mass is 10.2. The minimum absolute atomic E-state index is 0.164. The van der Waals surface area contributed by atoms with Crippen LogP contribution in [0.5, 0.6) is 11.5 Å². The van der Waals surface area contributed by atoms with Crippen LogP contribution in [0.3, 0.4) is 0 Å². The molecule has 0 spiro atoms. The normalized spacial score (nSPS) is 12.9. The monoisotopic (exact) mass is 487 g/mol. The molecule has 2 atom stereocenters. The van der Waals surface area contributed by atoms with Gasteiger partial charge >= 0.3 is 0 Å². The molecule has 0 fully saturated rings. The number of anilines is 1. The highest BCUT2D eigenvalue weighted by Crippen LogP contribution is 2.37. The molecular formula is C21H22FN7O4S. The molecule has 1 aromatic carbocycles. The van der Waals surface area contributed by atoms with Gasteiger partial charge in [0, 0.05) is 6.07 Å². The van der Waals surface area contributed by atoms with E-state index in [0.717, 1.165) is 12.4 Å². The van der Waals surface area contributed by atoms with Crippen molar-refractivity contribution in [2.24, 2.45) is 0 Å². The van der Waals surface area contributed by atoms with E-state index in [1.54, 1.807) is 42.7 Å². The lowest BCUT2D eigenvalue weighted by Gasteiger charge is -2.20. The maximum atomic E-state index is 13.1. The van der Waals surface area contributed by atoms with Crippen molar-refractivity contribution in [1.82, 2.24) is 29.9 Å². The first-order valence-electron chi connectivity index (χ1n) is 10.2. The predicted molar refractivity (Wildman–Crippen MR) is 122 cm³/mol. The molecule has 0 aliphatic heterocycles. The molecule has 4 rings (SSSR count). The fraction of sp³-hybridized carbons (Fsp3) is 0.286. The van der Waals surface area contributed by atoms with Gasteiger partial charge in [0.2, 0.25) is 11.6 Å². The number of ether oxygens (including phenoxy) is 2. The van der Waals surface area contributed by atoms with Gasteiger partial charge in [-0.25, -0.2) is 18.9 Å². The highest BCUT2D eigenvalue weighted by molar-refractivity contribution is 7.93. The summed E-state index contributed by atoms with van der Waals surface area (Å²) in [7, 11) is 3.05. The molecule has 34 heavy (non-hydrogen) atoms. The highest BCUT2D eigenvalue weighted by Gasteiger charge is 2.28. The maximum absolute atomic E-state index is 13.1. The lowest BCUT2D eigenvalue weighted by Crippen LogP contribution is -2.29. The Morgan fingerprint density at radius 3 is 2.44 bits per heavy atom. The van der Waals surface area contributed by atoms with Crippen LogP contribution >= 0.6 is 0 Å². The van der Waals surface area contributed by atoms with Crippen molar-refractivity contribution in [2.75, 3.05) is 18.9 Å². The Hall–Kier alpha value is -3.71. The van der Waals surface area contributed by atoms with E-state index in [1.165, 1.54) is 14.2 Å². The van der Waals surface area contributed by atoms with Gasteiger partial charge in [0.15, 0.2) is 5.82 Å². The van der Waals surface area contributed by atoms with Crippen molar-refractivity contribution in [2.45, 2.75) is 25.5 Å². The number of aryl methyl sites for hydroxylation is 1. The van der Waals surface area contributed by atoms with Crippen molar-refractivity contribution < 1.29 is 22.9 Å². The number of aromatic nitrogens is 6. The van der Waals surface area contributed by atoms with Gasteiger partial charge in [0.05, 0.1) is 50.1 Å². The molecule has 0 amide bonds. The Morgan fingerprint density at radius 1 is 1.18 bits per heavy atom. The third-order valence-corrected chi connectivity index (χ3v) is 6.12. The van der Waals surface area contributed by atoms with Gasteiger partial charge in [-0.1, -0.05) is 11.2 Å². The van der Waals surface area contributed by atoms with Crippen LogP contribution in [0.4, 0.5) is 10.3 Å². The van der Waals surface area contributed by atoms with Gasteiger partial charge in [-0.2, -0.15) is 4.72 Å². The van der Waals surface area contributed by atoms with E-state index in [0.29, 0.717) is 40.3 Å². The van der Waals surface area contributed by atoms with Gasteiger partial charge in [0.1, 0.15) is 28.3 Å². The number of methoxy groups -OCH3 is 2. The molecule has 3 aromatic heterocycles. The van der Waals surface area contributed by atoms with Crippen LogP contribution in [-0.4, -0.2) is 53.9 Å². The number of hydrogen-bond donors (Lipinski definition) is 1. The number of benzene rings is 1. The van der Waals surface area contributed by atoms with Gasteiger partial charge < -0.3 is 18.5 Å². The summed E-state index contributed by atoms with van der Waals surface area (Å²) in [5.74, 6) is 1.59. The first-order valence-corrected chi connectivity index (χ1v) is 11.4. The summed E-state index contributed by atoms with van der Waals surface area (Å²) in [5.41, 5.74) is 1.14. The Bertz CT molecular complexity index is 1240. The van der Waals surface area contributed by atoms with E-state index in [1.807, 2.05) is 0 Å². The zero-order valence-corrected chi connectivity index (χ0v) is 19.7. The van der Waals surface area contributed by atoms with Crippen LogP contribution in [0.15, 0.2) is 41.2 Å². The van der Waals surface area contributed by atoms with Crippen LogP contribution in [-0.2, 0) is 17.8 Å². The van der Waals surface area contributed by atoms with Crippen molar-refractivity contribution in [3.05, 3.63) is 54.0 Å². The smallest absolute Gasteiger partial charge is 0.271 e. The Morgan fingerprint density at radius 2 is 1.85 bits per heavy atom. The van der Waals surface area contributed by atoms with E-state index >= 15 is 0 Å². The van der Waals surface area contributed by atoms with Crippen molar-refractivity contribution in [3.63, 3.8) is 0 Å². The van der Waals surface area contributed by atoms with Crippen molar-refractivity contribution in [1.29, 1.82) is 0 Å². The molecule has 3 heterocycles. The average molecular weight is 488 g/mol. The summed E-state index contributed by atoms with van der Waals surface area (Å²) in [6.45, 7) is 3.53. The third kappa shape index (κ3) is 4.79. The van der Waals surface area contributed by atoms with Gasteiger partial charge in [-0.15, -0.1) is 10.2 Å². The zero-order valence-electron chi connectivity index (χ0n) is 18.9. The second-order valence-electron chi connectivity index (χ2n) is 7.26. The molecule has 178 valence electrons. The molecule has 13 heteroatoms. The number of rotatable bonds is 9. The SMILES string of the molecule is COc1cccc(OC)c1-n1c(N[S+]([O-])C(C)Cc2ncc(F)cn2)nnc1-c1cc(C)no1. The lowest BCUT2D eigenvalue weighted by molar-refractivity contribution is 0.390. The summed E-state index contributed by atoms with van der Waals surface area (Å²) in [4.78, 5) is 7.86. The molecule has 0 bridgehead atoms. The number of nitrogens with zero attached hydrogens (tertiary/aromatic N) is 6. The van der Waals surface area contributed by atoms with Crippen LogP contribution < -0.4 is 14.2 Å². The Balaban J connectivity index is 1.72. The largest absolute Gasteiger partial charge is 0.593 e. The fourth-order valence-corrected chi connectivity index (χ4v) is 4.02. The van der Waals surface area contributed by atoms with Gasteiger partial charge in [-0.3, -0.25) is 0 Å². The van der Waals surface area contributed by atoms with E-state index in [9.17, 15) is 8.94 Å². The zero-order chi connectivity index (χ0) is 24.2. The third-order valence-electron chi connectivity index (χ3n) is 4.84. The minimum Gasteiger partial charge on any atom is -0.593 e. The van der Waals surface area contributed by atoms with E-state index in [4.69, 9.17) is 14.0 Å². The standard InChI is InChI=1S/C21H22FN7O4S/c1-12-8-17(33-27-12)20-25-26-21(29(20)19-15(31-3)6-5-7-16(19)32-4)28-34(30)13(2)9-18-23-10-14(22)11-24-18/h5-8,10-11,13H,9H2,1-4H3,(H,26,28). The summed E-state index contributed by atoms with van der Waals surface area (Å²) in [6, 6.07) is 6.99.